The molecular weight excluding hydrogens is 1040 g/mol. The van der Waals surface area contributed by atoms with Crippen LogP contribution in [0.1, 0.15) is 84.0 Å². The molecule has 0 saturated heterocycles. The van der Waals surface area contributed by atoms with Crippen LogP contribution in [0.15, 0.2) is 170 Å². The molecule has 5 nitrogen and oxygen atoms in total. The van der Waals surface area contributed by atoms with Crippen LogP contribution in [-0.4, -0.2) is 15.0 Å². The van der Waals surface area contributed by atoms with Gasteiger partial charge in [0.1, 0.15) is 12.1 Å². The Kier molecular flexibility index (Phi) is 13.3. The second kappa shape index (κ2) is 20.0. The van der Waals surface area contributed by atoms with Crippen molar-refractivity contribution in [2.45, 2.75) is 76.0 Å². The van der Waals surface area contributed by atoms with Gasteiger partial charge in [-0.1, -0.05) is 122 Å². The van der Waals surface area contributed by atoms with Crippen LogP contribution in [0.25, 0.3) is 67.2 Å². The molecule has 0 unspecified atom stereocenters. The van der Waals surface area contributed by atoms with E-state index in [0.29, 0.717) is 11.1 Å². The summed E-state index contributed by atoms with van der Waals surface area (Å²) >= 11 is 0. The molecule has 344 valence electrons. The van der Waals surface area contributed by atoms with Crippen molar-refractivity contribution in [1.82, 2.24) is 15.0 Å². The average molecular weight is 1090 g/mol. The molecular formula is C65H50IrN5. The Morgan fingerprint density at radius 1 is 0.451 bits per heavy atom. The van der Waals surface area contributed by atoms with E-state index in [2.05, 4.69) is 157 Å². The van der Waals surface area contributed by atoms with E-state index in [4.69, 9.17) is 4.98 Å². The molecule has 3 heterocycles. The van der Waals surface area contributed by atoms with Crippen LogP contribution in [0.5, 0.6) is 0 Å². The first-order chi connectivity index (χ1) is 34.3. The smallest absolute Gasteiger partial charge is 0.305 e. The SMILES string of the molecule is CC12CCC(C)(CC1)c1cc(-c3[c-]cc(-c4ccccc4-c4cc(CCc5c[c-]c(-c6ccccn6)cc5)cc(CCc5c[c-]c(-c6ccccn6)cc5)c4)c(-c4ccc(C#N)c(C#N)c4)c3)ncc12.[Ir+3]. The van der Waals surface area contributed by atoms with E-state index >= 15 is 0 Å². The van der Waals surface area contributed by atoms with Gasteiger partial charge in [0.05, 0.1) is 11.1 Å². The largest absolute Gasteiger partial charge is 3.00 e. The third kappa shape index (κ3) is 9.55. The second-order valence-corrected chi connectivity index (χ2v) is 19.6. The van der Waals surface area contributed by atoms with Crippen molar-refractivity contribution in [3.63, 3.8) is 0 Å². The van der Waals surface area contributed by atoms with E-state index in [1.165, 1.54) is 59.1 Å². The zero-order valence-electron chi connectivity index (χ0n) is 39.9. The molecule has 9 aromatic rings. The zero-order valence-corrected chi connectivity index (χ0v) is 42.3. The molecule has 0 spiro atoms. The maximum atomic E-state index is 10.2. The van der Waals surface area contributed by atoms with E-state index in [9.17, 15) is 10.5 Å². The molecule has 71 heavy (non-hydrogen) atoms. The number of nitriles is 2. The minimum atomic E-state index is 0. The fourth-order valence-corrected chi connectivity index (χ4v) is 10.8. The monoisotopic (exact) mass is 1090 g/mol. The zero-order chi connectivity index (χ0) is 47.7. The summed E-state index contributed by atoms with van der Waals surface area (Å²) in [7, 11) is 0. The van der Waals surface area contributed by atoms with E-state index in [0.717, 1.165) is 92.8 Å². The molecule has 0 radical (unpaired) electrons. The van der Waals surface area contributed by atoms with Crippen LogP contribution in [0.3, 0.4) is 0 Å². The summed E-state index contributed by atoms with van der Waals surface area (Å²) in [5.41, 5.74) is 20.5. The first kappa shape index (κ1) is 47.1. The Morgan fingerprint density at radius 3 is 1.58 bits per heavy atom. The molecule has 3 aromatic heterocycles. The summed E-state index contributed by atoms with van der Waals surface area (Å²) in [5.74, 6) is 0. The van der Waals surface area contributed by atoms with Crippen LogP contribution in [0.4, 0.5) is 0 Å². The summed E-state index contributed by atoms with van der Waals surface area (Å²) in [5, 5.41) is 20.1. The maximum Gasteiger partial charge on any atom is 3.00 e. The van der Waals surface area contributed by atoms with Crippen LogP contribution in [0, 0.1) is 40.9 Å². The molecule has 2 bridgehead atoms. The van der Waals surface area contributed by atoms with Crippen molar-refractivity contribution in [3.8, 4) is 79.3 Å². The molecule has 0 atom stereocenters. The van der Waals surface area contributed by atoms with Crippen molar-refractivity contribution < 1.29 is 20.1 Å². The van der Waals surface area contributed by atoms with Gasteiger partial charge in [0.15, 0.2) is 0 Å². The Hall–Kier alpha value is -7.60. The molecule has 0 amide bonds. The van der Waals surface area contributed by atoms with Crippen molar-refractivity contribution in [2.24, 2.45) is 0 Å². The van der Waals surface area contributed by atoms with E-state index in [1.807, 2.05) is 60.9 Å². The Balaban J connectivity index is 0.00000582. The first-order valence-electron chi connectivity index (χ1n) is 24.3. The van der Waals surface area contributed by atoms with E-state index in [-0.39, 0.29) is 30.9 Å². The summed E-state index contributed by atoms with van der Waals surface area (Å²) in [6, 6.07) is 67.7. The molecule has 6 aromatic carbocycles. The van der Waals surface area contributed by atoms with Crippen molar-refractivity contribution in [3.05, 3.63) is 233 Å². The van der Waals surface area contributed by atoms with Crippen LogP contribution < -0.4 is 0 Å². The van der Waals surface area contributed by atoms with E-state index < -0.39 is 0 Å². The number of aromatic nitrogens is 3. The number of pyridine rings is 3. The summed E-state index contributed by atoms with van der Waals surface area (Å²) in [6.45, 7) is 4.82. The first-order valence-corrected chi connectivity index (χ1v) is 24.3. The van der Waals surface area contributed by atoms with Crippen LogP contribution in [-0.2, 0) is 56.6 Å². The minimum absolute atomic E-state index is 0. The maximum absolute atomic E-state index is 10.2. The summed E-state index contributed by atoms with van der Waals surface area (Å²) in [4.78, 5) is 14.2. The Bertz CT molecular complexity index is 3360. The van der Waals surface area contributed by atoms with Crippen LogP contribution >= 0.6 is 0 Å². The number of rotatable bonds is 12. The average Bonchev–Trinajstić information content (AvgIpc) is 3.43. The van der Waals surface area contributed by atoms with Crippen molar-refractivity contribution in [2.75, 3.05) is 0 Å². The van der Waals surface area contributed by atoms with Gasteiger partial charge in [0.2, 0.25) is 0 Å². The third-order valence-electron chi connectivity index (χ3n) is 15.1. The van der Waals surface area contributed by atoms with E-state index in [1.54, 1.807) is 6.07 Å². The third-order valence-corrected chi connectivity index (χ3v) is 15.1. The molecule has 0 aliphatic heterocycles. The number of hydrogen-bond donors (Lipinski definition) is 0. The van der Waals surface area contributed by atoms with Gasteiger partial charge in [-0.15, -0.1) is 94.5 Å². The fourth-order valence-electron chi connectivity index (χ4n) is 10.8. The van der Waals surface area contributed by atoms with Crippen molar-refractivity contribution in [1.29, 1.82) is 10.5 Å². The molecule has 3 aliphatic carbocycles. The normalized spacial score (nSPS) is 16.6. The number of benzene rings is 6. The van der Waals surface area contributed by atoms with Gasteiger partial charge in [-0.25, -0.2) is 0 Å². The number of aryl methyl sites for hydroxylation is 4. The molecule has 12 rings (SSSR count). The Morgan fingerprint density at radius 2 is 1.01 bits per heavy atom. The summed E-state index contributed by atoms with van der Waals surface area (Å²) in [6.07, 6.45) is 14.0. The summed E-state index contributed by atoms with van der Waals surface area (Å²) < 4.78 is 0. The standard InChI is InChI=1S/C65H50N5.Ir/c1-64-29-31-65(2,32-30-64)60-43-70-63(40-59(60)64)51-27-28-57(58(39-51)50-25-26-52(41-66)54(38-50)42-67)56-10-4-3-9-55(56)53-36-46(15-13-44-17-21-48(22-18-44)61-11-5-7-33-68-61)35-47(37-53)16-14-45-19-23-49(24-20-45)62-12-6-8-34-69-62;/h3-12,17-21,23,25-26,28,33-40,43H,13-16,29-32H2,1-2H3;/q-3;+3. The molecule has 1 fully saturated rings. The van der Waals surface area contributed by atoms with Gasteiger partial charge in [-0.3, -0.25) is 0 Å². The topological polar surface area (TPSA) is 86.2 Å². The van der Waals surface area contributed by atoms with Gasteiger partial charge in [-0.2, -0.15) is 10.5 Å². The molecule has 1 saturated carbocycles. The quantitative estimate of drug-likeness (QED) is 0.114. The van der Waals surface area contributed by atoms with Crippen molar-refractivity contribution >= 4 is 0 Å². The molecule has 0 N–H and O–H groups in total. The van der Waals surface area contributed by atoms with Gasteiger partial charge >= 0.3 is 20.1 Å². The predicted octanol–water partition coefficient (Wildman–Crippen LogP) is 14.7. The van der Waals surface area contributed by atoms with Gasteiger partial charge in [-0.05, 0) is 130 Å². The van der Waals surface area contributed by atoms with Gasteiger partial charge < -0.3 is 15.0 Å². The fraction of sp³-hybridized carbons (Fsp3) is 0.185. The van der Waals surface area contributed by atoms with Crippen LogP contribution in [0.2, 0.25) is 0 Å². The molecule has 6 heteroatoms. The van der Waals surface area contributed by atoms with Gasteiger partial charge in [0.25, 0.3) is 0 Å². The number of fused-ring (bicyclic) bond motifs is 2. The second-order valence-electron chi connectivity index (χ2n) is 19.6. The Labute approximate surface area is 431 Å². The minimum Gasteiger partial charge on any atom is -0.305 e. The van der Waals surface area contributed by atoms with Gasteiger partial charge in [0, 0.05) is 18.6 Å². The predicted molar refractivity (Wildman–Crippen MR) is 279 cm³/mol. The molecule has 3 aliphatic rings. The number of hydrogen-bond acceptors (Lipinski definition) is 5. The number of nitrogens with zero attached hydrogens (tertiary/aromatic N) is 5.